The Hall–Kier alpha value is -2.24. The molecule has 0 bridgehead atoms. The first-order valence-corrected chi connectivity index (χ1v) is 15.6. The van der Waals surface area contributed by atoms with Crippen molar-refractivity contribution in [1.29, 1.82) is 0 Å². The summed E-state index contributed by atoms with van der Waals surface area (Å²) in [7, 11) is 1.11. The summed E-state index contributed by atoms with van der Waals surface area (Å²) in [4.78, 5) is 21.9. The van der Waals surface area contributed by atoms with Gasteiger partial charge in [-0.05, 0) is 92.9 Å². The number of hydrogen-bond donors (Lipinski definition) is 2. The number of piperidine rings is 1. The lowest BCUT2D eigenvalue weighted by atomic mass is 9.88. The summed E-state index contributed by atoms with van der Waals surface area (Å²) >= 11 is 1.76. The number of primary amides is 1. The lowest BCUT2D eigenvalue weighted by Crippen LogP contribution is -2.39. The molecule has 2 aromatic heterocycles. The van der Waals surface area contributed by atoms with Gasteiger partial charge in [0.25, 0.3) is 5.91 Å². The van der Waals surface area contributed by atoms with Crippen LogP contribution < -0.4 is 5.73 Å². The van der Waals surface area contributed by atoms with Gasteiger partial charge >= 0.3 is 0 Å². The molecule has 2 fully saturated rings. The molecule has 0 aliphatic carbocycles. The minimum Gasteiger partial charge on any atom is -0.366 e. The summed E-state index contributed by atoms with van der Waals surface area (Å²) in [6.45, 7) is 4.77. The van der Waals surface area contributed by atoms with Crippen LogP contribution in [0.25, 0.3) is 22.0 Å². The van der Waals surface area contributed by atoms with Crippen LogP contribution in [0.4, 0.5) is 0 Å². The molecule has 1 aromatic carbocycles. The summed E-state index contributed by atoms with van der Waals surface area (Å²) in [6.07, 6.45) is 6.39. The molecule has 37 heavy (non-hydrogen) atoms. The number of carbonyl (C=O) groups excluding carboxylic acids is 1. The Kier molecular flexibility index (Phi) is 7.48. The number of thiophene rings is 1. The van der Waals surface area contributed by atoms with E-state index >= 15 is 0 Å². The van der Waals surface area contributed by atoms with E-state index in [1.54, 1.807) is 22.6 Å². The number of likely N-dealkylation sites (tertiary alicyclic amines) is 1. The van der Waals surface area contributed by atoms with Crippen molar-refractivity contribution in [2.45, 2.75) is 51.2 Å². The van der Waals surface area contributed by atoms with E-state index in [2.05, 4.69) is 46.4 Å². The zero-order valence-electron chi connectivity index (χ0n) is 21.9. The molecule has 10 heteroatoms. The highest BCUT2D eigenvalue weighted by molar-refractivity contribution is 7.89. The molecule has 2 saturated heterocycles. The van der Waals surface area contributed by atoms with E-state index < -0.39 is 15.9 Å². The van der Waals surface area contributed by atoms with Crippen LogP contribution in [0.1, 0.15) is 59.3 Å². The SMILES string of the molecule is CCS(=O)(=O)N1CCC(c2c[nH]c3c(C(N)=O)cc(-c4csc(CN5CCC[C@@H]5N(C)C)c4)cc23)CC1. The fourth-order valence-electron chi connectivity index (χ4n) is 5.97. The average Bonchev–Trinajstić information content (AvgIpc) is 3.63. The maximum absolute atomic E-state index is 12.4. The van der Waals surface area contributed by atoms with Crippen LogP contribution in [0.2, 0.25) is 0 Å². The van der Waals surface area contributed by atoms with Crippen LogP contribution in [0.3, 0.4) is 0 Å². The molecule has 2 aliphatic heterocycles. The van der Waals surface area contributed by atoms with E-state index in [-0.39, 0.29) is 11.7 Å². The molecule has 200 valence electrons. The Morgan fingerprint density at radius 2 is 1.89 bits per heavy atom. The molecule has 0 spiro atoms. The number of nitrogens with two attached hydrogens (primary N) is 1. The number of benzene rings is 1. The van der Waals surface area contributed by atoms with Gasteiger partial charge in [0.1, 0.15) is 0 Å². The van der Waals surface area contributed by atoms with E-state index in [4.69, 9.17) is 5.73 Å². The van der Waals surface area contributed by atoms with E-state index in [9.17, 15) is 13.2 Å². The van der Waals surface area contributed by atoms with E-state index in [0.29, 0.717) is 24.8 Å². The van der Waals surface area contributed by atoms with E-state index in [1.165, 1.54) is 17.7 Å². The first-order chi connectivity index (χ1) is 17.7. The molecule has 3 aromatic rings. The van der Waals surface area contributed by atoms with E-state index in [0.717, 1.165) is 53.5 Å². The van der Waals surface area contributed by atoms with Crippen molar-refractivity contribution in [3.63, 3.8) is 0 Å². The standard InChI is InChI=1S/C27H37N5O3S2/c1-4-37(34,35)32-10-7-18(8-11-32)24-15-29-26-22(24)13-19(14-23(26)27(28)33)20-12-21(36-17-20)16-31-9-5-6-25(31)30(2)3/h12-15,17-18,25,29H,4-11,16H2,1-3H3,(H2,28,33)/t25-/m1/s1. The van der Waals surface area contributed by atoms with Gasteiger partial charge in [0.05, 0.1) is 23.0 Å². The van der Waals surface area contributed by atoms with Crippen molar-refractivity contribution in [3.8, 4) is 11.1 Å². The van der Waals surface area contributed by atoms with Crippen molar-refractivity contribution < 1.29 is 13.2 Å². The topological polar surface area (TPSA) is 103 Å². The second kappa shape index (κ2) is 10.5. The van der Waals surface area contributed by atoms with Gasteiger partial charge in [-0.1, -0.05) is 0 Å². The quantitative estimate of drug-likeness (QED) is 0.447. The number of carbonyl (C=O) groups is 1. The monoisotopic (exact) mass is 543 g/mol. The van der Waals surface area contributed by atoms with Gasteiger partial charge in [-0.25, -0.2) is 12.7 Å². The molecule has 0 radical (unpaired) electrons. The first kappa shape index (κ1) is 26.4. The Morgan fingerprint density at radius 3 is 2.57 bits per heavy atom. The van der Waals surface area contributed by atoms with Gasteiger partial charge in [-0.3, -0.25) is 14.6 Å². The lowest BCUT2D eigenvalue weighted by Gasteiger charge is -2.31. The summed E-state index contributed by atoms with van der Waals surface area (Å²) in [5.74, 6) is -0.0959. The second-order valence-corrected chi connectivity index (χ2v) is 13.7. The minimum atomic E-state index is -3.17. The predicted octanol–water partition coefficient (Wildman–Crippen LogP) is 4.01. The number of fused-ring (bicyclic) bond motifs is 1. The number of H-pyrrole nitrogens is 1. The van der Waals surface area contributed by atoms with Crippen LogP contribution >= 0.6 is 11.3 Å². The summed E-state index contributed by atoms with van der Waals surface area (Å²) in [5, 5.41) is 3.17. The molecule has 2 aliphatic rings. The number of hydrogen-bond acceptors (Lipinski definition) is 6. The number of nitrogens with zero attached hydrogens (tertiary/aromatic N) is 3. The molecule has 4 heterocycles. The van der Waals surface area contributed by atoms with Crippen molar-refractivity contribution in [3.05, 3.63) is 45.8 Å². The number of nitrogens with one attached hydrogen (secondary N) is 1. The highest BCUT2D eigenvalue weighted by atomic mass is 32.2. The number of amides is 1. The fourth-order valence-corrected chi connectivity index (χ4v) is 8.02. The van der Waals surface area contributed by atoms with Crippen molar-refractivity contribution in [1.82, 2.24) is 19.1 Å². The van der Waals surface area contributed by atoms with Crippen LogP contribution in [-0.2, 0) is 16.6 Å². The third-order valence-corrected chi connectivity index (χ3v) is 10.8. The molecule has 3 N–H and O–H groups in total. The first-order valence-electron chi connectivity index (χ1n) is 13.1. The Bertz CT molecular complexity index is 1390. The van der Waals surface area contributed by atoms with Crippen LogP contribution in [-0.4, -0.2) is 79.1 Å². The van der Waals surface area contributed by atoms with Crippen LogP contribution in [0.15, 0.2) is 29.8 Å². The zero-order valence-corrected chi connectivity index (χ0v) is 23.5. The Morgan fingerprint density at radius 1 is 1.14 bits per heavy atom. The van der Waals surface area contributed by atoms with Crippen molar-refractivity contribution in [2.75, 3.05) is 39.5 Å². The lowest BCUT2D eigenvalue weighted by molar-refractivity contribution is 0.100. The van der Waals surface area contributed by atoms with Gasteiger partial charge in [0.2, 0.25) is 10.0 Å². The molecule has 0 saturated carbocycles. The molecular formula is C27H37N5O3S2. The van der Waals surface area contributed by atoms with Gasteiger partial charge < -0.3 is 10.7 Å². The molecule has 1 amide bonds. The Balaban J connectivity index is 1.43. The second-order valence-electron chi connectivity index (χ2n) is 10.5. The highest BCUT2D eigenvalue weighted by Gasteiger charge is 2.30. The predicted molar refractivity (Wildman–Crippen MR) is 150 cm³/mol. The number of sulfonamides is 1. The average molecular weight is 544 g/mol. The zero-order chi connectivity index (χ0) is 26.3. The largest absolute Gasteiger partial charge is 0.366 e. The van der Waals surface area contributed by atoms with Gasteiger partial charge in [-0.15, -0.1) is 11.3 Å². The third-order valence-electron chi connectivity index (χ3n) is 8.01. The molecule has 8 nitrogen and oxygen atoms in total. The highest BCUT2D eigenvalue weighted by Crippen LogP contribution is 2.38. The van der Waals surface area contributed by atoms with Gasteiger partial charge in [-0.2, -0.15) is 0 Å². The number of rotatable bonds is 8. The van der Waals surface area contributed by atoms with Gasteiger partial charge in [0.15, 0.2) is 0 Å². The molecule has 1 atom stereocenters. The van der Waals surface area contributed by atoms with E-state index in [1.807, 2.05) is 12.3 Å². The summed E-state index contributed by atoms with van der Waals surface area (Å²) in [5.41, 5.74) is 10.3. The van der Waals surface area contributed by atoms with Gasteiger partial charge in [0, 0.05) is 42.6 Å². The minimum absolute atomic E-state index is 0.131. The number of aromatic nitrogens is 1. The maximum atomic E-state index is 12.4. The third kappa shape index (κ3) is 5.22. The fraction of sp³-hybridized carbons (Fsp3) is 0.519. The molecule has 0 unspecified atom stereocenters. The maximum Gasteiger partial charge on any atom is 0.250 e. The normalized spacial score (nSPS) is 20.4. The Labute approximate surface area is 223 Å². The van der Waals surface area contributed by atoms with Crippen LogP contribution in [0, 0.1) is 0 Å². The van der Waals surface area contributed by atoms with Crippen molar-refractivity contribution in [2.24, 2.45) is 5.73 Å². The summed E-state index contributed by atoms with van der Waals surface area (Å²) < 4.78 is 26.2. The van der Waals surface area contributed by atoms with Crippen molar-refractivity contribution >= 4 is 38.2 Å². The van der Waals surface area contributed by atoms with Crippen LogP contribution in [0.5, 0.6) is 0 Å². The molecule has 5 rings (SSSR count). The number of aromatic amines is 1. The molecular weight excluding hydrogens is 506 g/mol. The smallest absolute Gasteiger partial charge is 0.250 e. The summed E-state index contributed by atoms with van der Waals surface area (Å²) in [6, 6.07) is 6.29.